The van der Waals surface area contributed by atoms with E-state index >= 15 is 0 Å². The summed E-state index contributed by atoms with van der Waals surface area (Å²) in [6.07, 6.45) is 0. The number of aryl methyl sites for hydroxylation is 2. The first-order valence-corrected chi connectivity index (χ1v) is 4.85. The molecule has 0 saturated heterocycles. The molecule has 1 heterocycles. The highest BCUT2D eigenvalue weighted by atomic mass is 16.4. The zero-order chi connectivity index (χ0) is 10.8. The second-order valence-electron chi connectivity index (χ2n) is 3.50. The van der Waals surface area contributed by atoms with Gasteiger partial charge >= 0.3 is 0 Å². The molecule has 0 unspecified atom stereocenters. The van der Waals surface area contributed by atoms with Gasteiger partial charge in [0.15, 0.2) is 5.76 Å². The standard InChI is InChI=1S/C12H13NO2/c1-8-5-3-4-6-10(8)12-9(2)13-11(7-14)15-12/h3-6,14H,7H2,1-2H3. The topological polar surface area (TPSA) is 46.3 Å². The molecule has 3 heteroatoms. The monoisotopic (exact) mass is 203 g/mol. The Bertz CT molecular complexity index is 474. The van der Waals surface area contributed by atoms with E-state index in [9.17, 15) is 0 Å². The predicted molar refractivity (Wildman–Crippen MR) is 57.3 cm³/mol. The van der Waals surface area contributed by atoms with E-state index in [0.29, 0.717) is 5.89 Å². The summed E-state index contributed by atoms with van der Waals surface area (Å²) in [6, 6.07) is 7.96. The molecule has 1 aromatic heterocycles. The van der Waals surface area contributed by atoms with Crippen LogP contribution in [0, 0.1) is 13.8 Å². The second kappa shape index (κ2) is 3.87. The van der Waals surface area contributed by atoms with Crippen molar-refractivity contribution in [1.29, 1.82) is 0 Å². The molecule has 2 aromatic rings. The van der Waals surface area contributed by atoms with Crippen LogP contribution in [0.3, 0.4) is 0 Å². The van der Waals surface area contributed by atoms with Crippen LogP contribution in [0.15, 0.2) is 28.7 Å². The van der Waals surface area contributed by atoms with Crippen LogP contribution in [0.1, 0.15) is 17.1 Å². The van der Waals surface area contributed by atoms with Gasteiger partial charge in [0.1, 0.15) is 6.61 Å². The number of aliphatic hydroxyl groups is 1. The molecule has 2 rings (SSSR count). The molecule has 0 radical (unpaired) electrons. The van der Waals surface area contributed by atoms with Crippen molar-refractivity contribution in [2.24, 2.45) is 0 Å². The number of hydrogen-bond acceptors (Lipinski definition) is 3. The summed E-state index contributed by atoms with van der Waals surface area (Å²) in [5, 5.41) is 8.94. The lowest BCUT2D eigenvalue weighted by Gasteiger charge is -2.01. The number of rotatable bonds is 2. The first-order valence-electron chi connectivity index (χ1n) is 4.85. The van der Waals surface area contributed by atoms with Crippen molar-refractivity contribution in [2.75, 3.05) is 0 Å². The third-order valence-electron chi connectivity index (χ3n) is 2.37. The minimum Gasteiger partial charge on any atom is -0.438 e. The van der Waals surface area contributed by atoms with Gasteiger partial charge in [-0.25, -0.2) is 4.98 Å². The van der Waals surface area contributed by atoms with Gasteiger partial charge in [-0.3, -0.25) is 0 Å². The molecule has 0 bridgehead atoms. The van der Waals surface area contributed by atoms with E-state index in [4.69, 9.17) is 9.52 Å². The summed E-state index contributed by atoms with van der Waals surface area (Å²) in [5.41, 5.74) is 2.98. The molecule has 0 fully saturated rings. The Morgan fingerprint density at radius 2 is 2.00 bits per heavy atom. The molecule has 0 saturated carbocycles. The molecule has 0 spiro atoms. The molecule has 1 N–H and O–H groups in total. The lowest BCUT2D eigenvalue weighted by Crippen LogP contribution is -1.82. The SMILES string of the molecule is Cc1ccccc1-c1oc(CO)nc1C. The first-order chi connectivity index (χ1) is 7.22. The minimum absolute atomic E-state index is 0.160. The summed E-state index contributed by atoms with van der Waals surface area (Å²) < 4.78 is 5.47. The summed E-state index contributed by atoms with van der Waals surface area (Å²) in [5.74, 6) is 1.11. The van der Waals surface area contributed by atoms with Crippen LogP contribution in [0.2, 0.25) is 0 Å². The molecular weight excluding hydrogens is 190 g/mol. The Kier molecular flexibility index (Phi) is 2.56. The summed E-state index contributed by atoms with van der Waals surface area (Å²) in [7, 11) is 0. The Labute approximate surface area is 88.4 Å². The number of hydrogen-bond donors (Lipinski definition) is 1. The van der Waals surface area contributed by atoms with Gasteiger partial charge in [0.25, 0.3) is 0 Å². The summed E-state index contributed by atoms with van der Waals surface area (Å²) in [6.45, 7) is 3.74. The van der Waals surface area contributed by atoms with Crippen LogP contribution >= 0.6 is 0 Å². The van der Waals surface area contributed by atoms with Crippen molar-refractivity contribution < 1.29 is 9.52 Å². The van der Waals surface area contributed by atoms with Crippen LogP contribution in [0.4, 0.5) is 0 Å². The third kappa shape index (κ3) is 1.78. The van der Waals surface area contributed by atoms with Gasteiger partial charge in [-0.05, 0) is 19.4 Å². The van der Waals surface area contributed by atoms with Crippen LogP contribution < -0.4 is 0 Å². The van der Waals surface area contributed by atoms with E-state index < -0.39 is 0 Å². The molecule has 0 aliphatic carbocycles. The average Bonchev–Trinajstić information content (AvgIpc) is 2.60. The van der Waals surface area contributed by atoms with Gasteiger partial charge in [-0.2, -0.15) is 0 Å². The Morgan fingerprint density at radius 1 is 1.27 bits per heavy atom. The van der Waals surface area contributed by atoms with Crippen molar-refractivity contribution in [3.8, 4) is 11.3 Å². The number of oxazole rings is 1. The van der Waals surface area contributed by atoms with E-state index in [2.05, 4.69) is 4.98 Å². The normalized spacial score (nSPS) is 10.6. The molecule has 0 atom stereocenters. The highest BCUT2D eigenvalue weighted by Gasteiger charge is 2.12. The molecular formula is C12H13NO2. The quantitative estimate of drug-likeness (QED) is 0.815. The van der Waals surface area contributed by atoms with Gasteiger partial charge in [0.2, 0.25) is 5.89 Å². The van der Waals surface area contributed by atoms with E-state index in [1.807, 2.05) is 38.1 Å². The maximum Gasteiger partial charge on any atom is 0.220 e. The minimum atomic E-state index is -0.160. The molecule has 78 valence electrons. The van der Waals surface area contributed by atoms with E-state index in [1.54, 1.807) is 0 Å². The van der Waals surface area contributed by atoms with E-state index in [1.165, 1.54) is 0 Å². The molecule has 3 nitrogen and oxygen atoms in total. The molecule has 0 amide bonds. The second-order valence-corrected chi connectivity index (χ2v) is 3.50. The fourth-order valence-corrected chi connectivity index (χ4v) is 1.60. The highest BCUT2D eigenvalue weighted by Crippen LogP contribution is 2.27. The van der Waals surface area contributed by atoms with Crippen LogP contribution in [0.5, 0.6) is 0 Å². The van der Waals surface area contributed by atoms with Crippen molar-refractivity contribution in [3.05, 3.63) is 41.4 Å². The summed E-state index contributed by atoms with van der Waals surface area (Å²) >= 11 is 0. The van der Waals surface area contributed by atoms with Crippen LogP contribution in [-0.4, -0.2) is 10.1 Å². The Morgan fingerprint density at radius 3 is 2.60 bits per heavy atom. The lowest BCUT2D eigenvalue weighted by molar-refractivity contribution is 0.241. The number of aliphatic hydroxyl groups excluding tert-OH is 1. The fourth-order valence-electron chi connectivity index (χ4n) is 1.60. The fraction of sp³-hybridized carbons (Fsp3) is 0.250. The van der Waals surface area contributed by atoms with E-state index in [-0.39, 0.29) is 6.61 Å². The predicted octanol–water partition coefficient (Wildman–Crippen LogP) is 2.45. The lowest BCUT2D eigenvalue weighted by atomic mass is 10.1. The smallest absolute Gasteiger partial charge is 0.220 e. The third-order valence-corrected chi connectivity index (χ3v) is 2.37. The Hall–Kier alpha value is -1.61. The maximum atomic E-state index is 8.94. The van der Waals surface area contributed by atoms with Crippen LogP contribution in [-0.2, 0) is 6.61 Å². The van der Waals surface area contributed by atoms with E-state index in [0.717, 1.165) is 22.6 Å². The number of benzene rings is 1. The maximum absolute atomic E-state index is 8.94. The first kappa shape index (κ1) is 9.93. The number of nitrogens with zero attached hydrogens (tertiary/aromatic N) is 1. The zero-order valence-electron chi connectivity index (χ0n) is 8.82. The van der Waals surface area contributed by atoms with Crippen LogP contribution in [0.25, 0.3) is 11.3 Å². The molecule has 0 aliphatic heterocycles. The van der Waals surface area contributed by atoms with Crippen molar-refractivity contribution in [3.63, 3.8) is 0 Å². The molecule has 1 aromatic carbocycles. The Balaban J connectivity index is 2.54. The van der Waals surface area contributed by atoms with Crippen molar-refractivity contribution in [2.45, 2.75) is 20.5 Å². The number of aromatic nitrogens is 1. The van der Waals surface area contributed by atoms with Gasteiger partial charge in [0.05, 0.1) is 5.69 Å². The van der Waals surface area contributed by atoms with Crippen molar-refractivity contribution in [1.82, 2.24) is 4.98 Å². The van der Waals surface area contributed by atoms with Gasteiger partial charge < -0.3 is 9.52 Å². The van der Waals surface area contributed by atoms with Gasteiger partial charge in [-0.1, -0.05) is 24.3 Å². The largest absolute Gasteiger partial charge is 0.438 e. The zero-order valence-corrected chi connectivity index (χ0v) is 8.82. The van der Waals surface area contributed by atoms with Gasteiger partial charge in [-0.15, -0.1) is 0 Å². The molecule has 15 heavy (non-hydrogen) atoms. The average molecular weight is 203 g/mol. The molecule has 0 aliphatic rings. The van der Waals surface area contributed by atoms with Gasteiger partial charge in [0, 0.05) is 5.56 Å². The van der Waals surface area contributed by atoms with Crippen molar-refractivity contribution >= 4 is 0 Å². The highest BCUT2D eigenvalue weighted by molar-refractivity contribution is 5.63. The summed E-state index contributed by atoms with van der Waals surface area (Å²) in [4.78, 5) is 4.13.